The Kier molecular flexibility index (Phi) is 4.62. The number of nitrogens with zero attached hydrogens (tertiary/aromatic N) is 1. The summed E-state index contributed by atoms with van der Waals surface area (Å²) in [6.45, 7) is 0.711. The van der Waals surface area contributed by atoms with E-state index in [0.29, 0.717) is 6.54 Å². The average Bonchev–Trinajstić information content (AvgIpc) is 2.16. The lowest BCUT2D eigenvalue weighted by Gasteiger charge is -2.08. The van der Waals surface area contributed by atoms with Crippen molar-refractivity contribution in [2.24, 2.45) is 0 Å². The monoisotopic (exact) mass is 251 g/mol. The summed E-state index contributed by atoms with van der Waals surface area (Å²) in [5.74, 6) is 0. The molecule has 0 unspecified atom stereocenters. The van der Waals surface area contributed by atoms with E-state index in [1.165, 1.54) is 16.6 Å². The molecule has 5 heteroatoms. The molecule has 1 aromatic rings. The molecule has 1 nitrogen and oxygen atoms in total. The Morgan fingerprint density at radius 3 is 2.19 bits per heavy atom. The maximum Gasteiger partial charge on any atom is 0.416 e. The third-order valence-electron chi connectivity index (χ3n) is 2.21. The molecule has 0 aliphatic carbocycles. The number of aryl methyl sites for hydroxylation is 1. The van der Waals surface area contributed by atoms with Crippen LogP contribution >= 0.6 is 11.8 Å². The van der Waals surface area contributed by atoms with E-state index in [2.05, 4.69) is 0 Å². The number of alkyl halides is 3. The molecule has 16 heavy (non-hydrogen) atoms. The van der Waals surface area contributed by atoms with Crippen molar-refractivity contribution < 1.29 is 13.2 Å². The Balaban J connectivity index is 2.52. The lowest BCUT2D eigenvalue weighted by molar-refractivity contribution is -0.137. The highest BCUT2D eigenvalue weighted by Gasteiger charge is 2.29. The van der Waals surface area contributed by atoms with Crippen molar-refractivity contribution in [3.8, 4) is 0 Å². The van der Waals surface area contributed by atoms with Crippen LogP contribution in [0.3, 0.4) is 0 Å². The Hall–Kier alpha value is -0.740. The van der Waals surface area contributed by atoms with Crippen LogP contribution in [0.5, 0.6) is 0 Å². The van der Waals surface area contributed by atoms with Gasteiger partial charge in [0.05, 0.1) is 5.56 Å². The van der Waals surface area contributed by atoms with Crippen LogP contribution in [-0.2, 0) is 12.6 Å². The molecule has 0 aliphatic heterocycles. The summed E-state index contributed by atoms with van der Waals surface area (Å²) < 4.78 is 38.3. The zero-order valence-electron chi connectivity index (χ0n) is 8.89. The molecule has 0 aliphatic rings. The van der Waals surface area contributed by atoms with Gasteiger partial charge in [-0.25, -0.2) is 4.42 Å². The Morgan fingerprint density at radius 1 is 1.19 bits per heavy atom. The molecule has 0 saturated heterocycles. The van der Waals surface area contributed by atoms with Crippen molar-refractivity contribution in [1.29, 1.82) is 0 Å². The van der Waals surface area contributed by atoms with Crippen LogP contribution < -0.4 is 0 Å². The minimum atomic E-state index is -4.26. The molecule has 1 rings (SSSR count). The normalized spacial score (nSPS) is 12.1. The second-order valence-electron chi connectivity index (χ2n) is 3.63. The van der Waals surface area contributed by atoms with Gasteiger partial charge in [0.25, 0.3) is 0 Å². The number of benzene rings is 1. The van der Waals surface area contributed by atoms with E-state index in [0.717, 1.165) is 30.5 Å². The van der Waals surface area contributed by atoms with Gasteiger partial charge in [0.2, 0.25) is 0 Å². The van der Waals surface area contributed by atoms with E-state index < -0.39 is 11.7 Å². The molecular formula is C11H13ClF3N. The van der Waals surface area contributed by atoms with Crippen LogP contribution in [0, 0.1) is 0 Å². The first kappa shape index (κ1) is 13.3. The van der Waals surface area contributed by atoms with Crippen molar-refractivity contribution >= 4 is 11.8 Å². The van der Waals surface area contributed by atoms with Gasteiger partial charge in [-0.3, -0.25) is 0 Å². The second-order valence-corrected chi connectivity index (χ2v) is 4.20. The van der Waals surface area contributed by atoms with Gasteiger partial charge in [-0.1, -0.05) is 12.1 Å². The quantitative estimate of drug-likeness (QED) is 0.737. The van der Waals surface area contributed by atoms with Gasteiger partial charge in [0.1, 0.15) is 0 Å². The van der Waals surface area contributed by atoms with Gasteiger partial charge < -0.3 is 0 Å². The summed E-state index contributed by atoms with van der Waals surface area (Å²) in [6, 6.07) is 5.24. The van der Waals surface area contributed by atoms with Gasteiger partial charge in [-0.05, 0) is 42.3 Å². The molecule has 0 bridgehead atoms. The number of halogens is 4. The molecule has 0 aromatic heterocycles. The molecule has 0 fully saturated rings. The summed E-state index contributed by atoms with van der Waals surface area (Å²) in [5, 5.41) is 0. The molecule has 0 amide bonds. The third kappa shape index (κ3) is 4.41. The largest absolute Gasteiger partial charge is 0.416 e. The first-order chi connectivity index (χ1) is 7.39. The first-order valence-corrected chi connectivity index (χ1v) is 5.26. The Morgan fingerprint density at radius 2 is 1.75 bits per heavy atom. The summed E-state index contributed by atoms with van der Waals surface area (Å²) in [7, 11) is 1.74. The first-order valence-electron chi connectivity index (χ1n) is 4.92. The number of hydrogen-bond donors (Lipinski definition) is 0. The van der Waals surface area contributed by atoms with Crippen molar-refractivity contribution in [1.82, 2.24) is 4.42 Å². The molecule has 1 aromatic carbocycles. The SMILES string of the molecule is CN(Cl)CCCc1ccc(C(F)(F)F)cc1. The second kappa shape index (κ2) is 5.55. The van der Waals surface area contributed by atoms with E-state index in [1.54, 1.807) is 7.05 Å². The minimum Gasteiger partial charge on any atom is -0.223 e. The van der Waals surface area contributed by atoms with E-state index in [9.17, 15) is 13.2 Å². The minimum absolute atomic E-state index is 0.606. The zero-order chi connectivity index (χ0) is 12.2. The van der Waals surface area contributed by atoms with Crippen LogP contribution in [0.25, 0.3) is 0 Å². The van der Waals surface area contributed by atoms with Crippen molar-refractivity contribution in [3.63, 3.8) is 0 Å². The highest BCUT2D eigenvalue weighted by Crippen LogP contribution is 2.29. The van der Waals surface area contributed by atoms with E-state index in [-0.39, 0.29) is 0 Å². The van der Waals surface area contributed by atoms with Crippen LogP contribution in [0.2, 0.25) is 0 Å². The van der Waals surface area contributed by atoms with Crippen LogP contribution in [-0.4, -0.2) is 18.0 Å². The fraction of sp³-hybridized carbons (Fsp3) is 0.455. The zero-order valence-corrected chi connectivity index (χ0v) is 9.65. The summed E-state index contributed by atoms with van der Waals surface area (Å²) >= 11 is 5.61. The van der Waals surface area contributed by atoms with Gasteiger partial charge >= 0.3 is 6.18 Å². The highest BCUT2D eigenvalue weighted by molar-refractivity contribution is 6.13. The van der Waals surface area contributed by atoms with Gasteiger partial charge in [-0.2, -0.15) is 13.2 Å². The molecule has 90 valence electrons. The third-order valence-corrected chi connectivity index (χ3v) is 2.38. The molecule has 0 saturated carbocycles. The van der Waals surface area contributed by atoms with Gasteiger partial charge in [-0.15, -0.1) is 0 Å². The lowest BCUT2D eigenvalue weighted by atomic mass is 10.1. The van der Waals surface area contributed by atoms with Gasteiger partial charge in [0, 0.05) is 13.6 Å². The van der Waals surface area contributed by atoms with Crippen molar-refractivity contribution in [2.75, 3.05) is 13.6 Å². The van der Waals surface area contributed by atoms with E-state index in [4.69, 9.17) is 11.8 Å². The molecule has 0 radical (unpaired) electrons. The Labute approximate surface area is 97.9 Å². The molecule has 0 atom stereocenters. The van der Waals surface area contributed by atoms with Crippen LogP contribution in [0.15, 0.2) is 24.3 Å². The summed E-state index contributed by atoms with van der Waals surface area (Å²) in [6.07, 6.45) is -2.70. The predicted octanol–water partition coefficient (Wildman–Crippen LogP) is 3.72. The van der Waals surface area contributed by atoms with Crippen molar-refractivity contribution in [3.05, 3.63) is 35.4 Å². The van der Waals surface area contributed by atoms with E-state index >= 15 is 0 Å². The Bertz CT molecular complexity index is 319. The lowest BCUT2D eigenvalue weighted by Crippen LogP contribution is -2.07. The maximum atomic E-state index is 12.3. The summed E-state index contributed by atoms with van der Waals surface area (Å²) in [4.78, 5) is 0. The molecule has 0 N–H and O–H groups in total. The fourth-order valence-electron chi connectivity index (χ4n) is 1.36. The molecular weight excluding hydrogens is 239 g/mol. The number of rotatable bonds is 4. The predicted molar refractivity (Wildman–Crippen MR) is 58.2 cm³/mol. The van der Waals surface area contributed by atoms with Crippen molar-refractivity contribution in [2.45, 2.75) is 19.0 Å². The standard InChI is InChI=1S/C11H13ClF3N/c1-16(12)8-2-3-9-4-6-10(7-5-9)11(13,14)15/h4-7H,2-3,8H2,1H3. The van der Waals surface area contributed by atoms with Gasteiger partial charge in [0.15, 0.2) is 0 Å². The summed E-state index contributed by atoms with van der Waals surface area (Å²) in [5.41, 5.74) is 0.289. The average molecular weight is 252 g/mol. The number of hydrogen-bond acceptors (Lipinski definition) is 1. The highest BCUT2D eigenvalue weighted by atomic mass is 35.5. The van der Waals surface area contributed by atoms with Crippen LogP contribution in [0.1, 0.15) is 17.5 Å². The molecule has 0 spiro atoms. The van der Waals surface area contributed by atoms with Crippen LogP contribution in [0.4, 0.5) is 13.2 Å². The van der Waals surface area contributed by atoms with E-state index in [1.807, 2.05) is 0 Å². The maximum absolute atomic E-state index is 12.3. The molecule has 0 heterocycles. The topological polar surface area (TPSA) is 3.24 Å². The smallest absolute Gasteiger partial charge is 0.223 e. The fourth-order valence-corrected chi connectivity index (χ4v) is 1.48.